The second-order valence-electron chi connectivity index (χ2n) is 3.83. The predicted molar refractivity (Wildman–Crippen MR) is 70.4 cm³/mol. The Labute approximate surface area is 110 Å². The van der Waals surface area contributed by atoms with Crippen LogP contribution < -0.4 is 0 Å². The van der Waals surface area contributed by atoms with Crippen LogP contribution in [0.1, 0.15) is 15.9 Å². The van der Waals surface area contributed by atoms with Gasteiger partial charge in [0.1, 0.15) is 5.03 Å². The maximum atomic E-state index is 12.3. The van der Waals surface area contributed by atoms with Gasteiger partial charge in [-0.3, -0.25) is 9.89 Å². The van der Waals surface area contributed by atoms with Crippen LogP contribution in [-0.4, -0.2) is 39.3 Å². The highest BCUT2D eigenvalue weighted by Crippen LogP contribution is 2.18. The van der Waals surface area contributed by atoms with E-state index in [2.05, 4.69) is 15.2 Å². The smallest absolute Gasteiger partial charge is 0.256 e. The molecule has 1 N–H and O–H groups in total. The zero-order valence-corrected chi connectivity index (χ0v) is 11.1. The van der Waals surface area contributed by atoms with Gasteiger partial charge in [0.05, 0.1) is 11.8 Å². The number of amides is 1. The van der Waals surface area contributed by atoms with Gasteiger partial charge in [0.2, 0.25) is 0 Å². The molecule has 2 aromatic heterocycles. The minimum Gasteiger partial charge on any atom is -0.337 e. The lowest BCUT2D eigenvalue weighted by Crippen LogP contribution is -2.26. The van der Waals surface area contributed by atoms with Crippen molar-refractivity contribution in [3.05, 3.63) is 41.9 Å². The monoisotopic (exact) mass is 262 g/mol. The zero-order valence-electron chi connectivity index (χ0n) is 10.3. The average Bonchev–Trinajstić information content (AvgIpc) is 2.90. The summed E-state index contributed by atoms with van der Waals surface area (Å²) in [6.45, 7) is 0.526. The topological polar surface area (TPSA) is 61.9 Å². The lowest BCUT2D eigenvalue weighted by molar-refractivity contribution is 0.0781. The predicted octanol–water partition coefficient (Wildman–Crippen LogP) is 1.80. The summed E-state index contributed by atoms with van der Waals surface area (Å²) in [5.74, 6) is -0.0337. The van der Waals surface area contributed by atoms with Crippen LogP contribution in [0.15, 0.2) is 35.7 Å². The van der Waals surface area contributed by atoms with Crippen molar-refractivity contribution in [2.24, 2.45) is 0 Å². The quantitative estimate of drug-likeness (QED) is 0.853. The van der Waals surface area contributed by atoms with Crippen molar-refractivity contribution < 1.29 is 4.79 Å². The summed E-state index contributed by atoms with van der Waals surface area (Å²) in [5.41, 5.74) is 1.61. The summed E-state index contributed by atoms with van der Waals surface area (Å²) in [4.78, 5) is 18.1. The third-order valence-electron chi connectivity index (χ3n) is 2.52. The molecule has 0 radical (unpaired) electrons. The summed E-state index contributed by atoms with van der Waals surface area (Å²) < 4.78 is 0. The number of pyridine rings is 1. The van der Waals surface area contributed by atoms with Gasteiger partial charge < -0.3 is 4.90 Å². The van der Waals surface area contributed by atoms with Gasteiger partial charge in [0.25, 0.3) is 5.91 Å². The van der Waals surface area contributed by atoms with Gasteiger partial charge in [-0.15, -0.1) is 11.8 Å². The van der Waals surface area contributed by atoms with Crippen LogP contribution in [-0.2, 0) is 6.54 Å². The Morgan fingerprint density at radius 1 is 1.56 bits per heavy atom. The zero-order chi connectivity index (χ0) is 13.0. The molecule has 1 amide bonds. The van der Waals surface area contributed by atoms with Gasteiger partial charge in [0.15, 0.2) is 0 Å². The molecule has 0 aromatic carbocycles. The van der Waals surface area contributed by atoms with Gasteiger partial charge >= 0.3 is 0 Å². The maximum Gasteiger partial charge on any atom is 0.256 e. The van der Waals surface area contributed by atoms with Crippen LogP contribution in [0.4, 0.5) is 0 Å². The van der Waals surface area contributed by atoms with E-state index in [0.29, 0.717) is 12.1 Å². The average molecular weight is 262 g/mol. The Morgan fingerprint density at radius 3 is 3.06 bits per heavy atom. The summed E-state index contributed by atoms with van der Waals surface area (Å²) in [6.07, 6.45) is 7.10. The highest BCUT2D eigenvalue weighted by atomic mass is 32.2. The number of carbonyl (C=O) groups is 1. The molecule has 0 spiro atoms. The lowest BCUT2D eigenvalue weighted by atomic mass is 10.2. The second kappa shape index (κ2) is 5.68. The van der Waals surface area contributed by atoms with Crippen molar-refractivity contribution in [1.29, 1.82) is 0 Å². The Bertz CT molecular complexity index is 527. The Hall–Kier alpha value is -1.82. The molecule has 2 rings (SSSR count). The largest absolute Gasteiger partial charge is 0.337 e. The van der Waals surface area contributed by atoms with E-state index in [9.17, 15) is 4.79 Å². The number of nitrogens with zero attached hydrogens (tertiary/aromatic N) is 3. The number of hydrogen-bond donors (Lipinski definition) is 1. The fourth-order valence-electron chi connectivity index (χ4n) is 1.63. The number of hydrogen-bond acceptors (Lipinski definition) is 4. The Morgan fingerprint density at radius 2 is 2.39 bits per heavy atom. The normalized spacial score (nSPS) is 10.3. The fraction of sp³-hybridized carbons (Fsp3) is 0.250. The van der Waals surface area contributed by atoms with Gasteiger partial charge in [-0.2, -0.15) is 5.10 Å². The summed E-state index contributed by atoms with van der Waals surface area (Å²) in [6, 6.07) is 3.58. The first-order chi connectivity index (χ1) is 8.72. The van der Waals surface area contributed by atoms with Crippen molar-refractivity contribution in [3.8, 4) is 0 Å². The first kappa shape index (κ1) is 12.6. The minimum atomic E-state index is -0.0337. The van der Waals surface area contributed by atoms with Gasteiger partial charge in [-0.05, 0) is 18.4 Å². The van der Waals surface area contributed by atoms with E-state index in [1.807, 2.05) is 6.26 Å². The van der Waals surface area contributed by atoms with E-state index in [1.54, 1.807) is 42.7 Å². The van der Waals surface area contributed by atoms with Crippen molar-refractivity contribution in [2.75, 3.05) is 13.3 Å². The number of rotatable bonds is 4. The molecule has 2 aromatic rings. The Balaban J connectivity index is 2.15. The lowest BCUT2D eigenvalue weighted by Gasteiger charge is -2.17. The highest BCUT2D eigenvalue weighted by molar-refractivity contribution is 7.98. The standard InChI is InChI=1S/C12H14N4OS/c1-16(8-9-6-14-15-7-9)12(17)10-4-3-5-13-11(10)18-2/h3-7H,8H2,1-2H3,(H,14,15). The van der Waals surface area contributed by atoms with Crippen LogP contribution in [0, 0.1) is 0 Å². The maximum absolute atomic E-state index is 12.3. The van der Waals surface area contributed by atoms with E-state index < -0.39 is 0 Å². The van der Waals surface area contributed by atoms with Gasteiger partial charge in [-0.25, -0.2) is 4.98 Å². The molecule has 0 saturated heterocycles. The number of carbonyl (C=O) groups excluding carboxylic acids is 1. The number of aromatic nitrogens is 3. The van der Waals surface area contributed by atoms with Crippen LogP contribution in [0.25, 0.3) is 0 Å². The number of thioether (sulfide) groups is 1. The summed E-state index contributed by atoms with van der Waals surface area (Å²) in [5, 5.41) is 7.34. The molecule has 0 aliphatic carbocycles. The molecule has 0 saturated carbocycles. The molecule has 0 unspecified atom stereocenters. The number of nitrogens with one attached hydrogen (secondary N) is 1. The first-order valence-electron chi connectivity index (χ1n) is 5.44. The SMILES string of the molecule is CSc1ncccc1C(=O)N(C)Cc1cn[nH]c1. The molecular formula is C12H14N4OS. The molecule has 0 bridgehead atoms. The Kier molecular flexibility index (Phi) is 3.99. The van der Waals surface area contributed by atoms with Crippen molar-refractivity contribution in [2.45, 2.75) is 11.6 Å². The van der Waals surface area contributed by atoms with Crippen molar-refractivity contribution in [1.82, 2.24) is 20.1 Å². The van der Waals surface area contributed by atoms with Crippen molar-refractivity contribution in [3.63, 3.8) is 0 Å². The fourth-order valence-corrected chi connectivity index (χ4v) is 2.17. The van der Waals surface area contributed by atoms with Crippen LogP contribution in [0.5, 0.6) is 0 Å². The molecule has 5 nitrogen and oxygen atoms in total. The minimum absolute atomic E-state index is 0.0337. The summed E-state index contributed by atoms with van der Waals surface area (Å²) >= 11 is 1.47. The molecule has 0 aliphatic heterocycles. The first-order valence-corrected chi connectivity index (χ1v) is 6.67. The molecule has 94 valence electrons. The third kappa shape index (κ3) is 2.70. The molecule has 0 fully saturated rings. The molecule has 6 heteroatoms. The highest BCUT2D eigenvalue weighted by Gasteiger charge is 2.16. The van der Waals surface area contributed by atoms with Crippen LogP contribution >= 0.6 is 11.8 Å². The molecule has 18 heavy (non-hydrogen) atoms. The van der Waals surface area contributed by atoms with E-state index in [-0.39, 0.29) is 5.91 Å². The molecule has 0 aliphatic rings. The van der Waals surface area contributed by atoms with Gasteiger partial charge in [-0.1, -0.05) is 0 Å². The summed E-state index contributed by atoms with van der Waals surface area (Å²) in [7, 11) is 1.77. The van der Waals surface area contributed by atoms with Crippen LogP contribution in [0.2, 0.25) is 0 Å². The van der Waals surface area contributed by atoms with Gasteiger partial charge in [0, 0.05) is 31.5 Å². The van der Waals surface area contributed by atoms with E-state index >= 15 is 0 Å². The second-order valence-corrected chi connectivity index (χ2v) is 4.62. The molecule has 2 heterocycles. The number of H-pyrrole nitrogens is 1. The van der Waals surface area contributed by atoms with E-state index in [0.717, 1.165) is 10.6 Å². The van der Waals surface area contributed by atoms with Crippen LogP contribution in [0.3, 0.4) is 0 Å². The van der Waals surface area contributed by atoms with E-state index in [1.165, 1.54) is 11.8 Å². The molecule has 0 atom stereocenters. The number of aromatic amines is 1. The molecular weight excluding hydrogens is 248 g/mol. The third-order valence-corrected chi connectivity index (χ3v) is 3.23. The van der Waals surface area contributed by atoms with Crippen molar-refractivity contribution >= 4 is 17.7 Å². The van der Waals surface area contributed by atoms with E-state index in [4.69, 9.17) is 0 Å².